The van der Waals surface area contributed by atoms with Gasteiger partial charge in [0.25, 0.3) is 11.5 Å². The molecule has 38 heavy (non-hydrogen) atoms. The minimum absolute atomic E-state index is 0.0850. The van der Waals surface area contributed by atoms with Crippen LogP contribution in [-0.2, 0) is 17.8 Å². The average Bonchev–Trinajstić information content (AvgIpc) is 3.18. The zero-order chi connectivity index (χ0) is 27.8. The number of methoxy groups -OCH3 is 2. The van der Waals surface area contributed by atoms with Gasteiger partial charge in [-0.2, -0.15) is 5.26 Å². The van der Waals surface area contributed by atoms with Crippen LogP contribution in [-0.4, -0.2) is 47.0 Å². The molecule has 2 heterocycles. The Morgan fingerprint density at radius 3 is 2.50 bits per heavy atom. The largest absolute Gasteiger partial charge is 0.493 e. The maximum atomic E-state index is 13.3. The number of anilines is 1. The maximum Gasteiger partial charge on any atom is 0.270 e. The number of carbonyl (C=O) groups is 1. The summed E-state index contributed by atoms with van der Waals surface area (Å²) in [7, 11) is 3.20. The number of ether oxygens (including phenoxy) is 2. The monoisotopic (exact) mass is 554 g/mol. The number of pyridine rings is 1. The molecule has 1 fully saturated rings. The van der Waals surface area contributed by atoms with Crippen molar-refractivity contribution in [1.29, 1.82) is 5.26 Å². The molecule has 1 amide bonds. The summed E-state index contributed by atoms with van der Waals surface area (Å²) >= 11 is 6.69. The van der Waals surface area contributed by atoms with Crippen LogP contribution in [0.5, 0.6) is 11.5 Å². The van der Waals surface area contributed by atoms with E-state index in [-0.39, 0.29) is 17.0 Å². The van der Waals surface area contributed by atoms with Crippen molar-refractivity contribution in [1.82, 2.24) is 9.47 Å². The highest BCUT2D eigenvalue weighted by atomic mass is 32.2. The molecule has 1 saturated heterocycles. The van der Waals surface area contributed by atoms with Crippen LogP contribution < -0.4 is 20.3 Å². The molecule has 0 bridgehead atoms. The Kier molecular flexibility index (Phi) is 10.4. The van der Waals surface area contributed by atoms with E-state index in [0.29, 0.717) is 63.7 Å². The van der Waals surface area contributed by atoms with Crippen LogP contribution >= 0.6 is 24.0 Å². The van der Waals surface area contributed by atoms with E-state index in [1.807, 2.05) is 25.1 Å². The minimum Gasteiger partial charge on any atom is -0.493 e. The lowest BCUT2D eigenvalue weighted by Crippen LogP contribution is -2.29. The minimum atomic E-state index is -0.331. The van der Waals surface area contributed by atoms with Gasteiger partial charge in [0.2, 0.25) is 0 Å². The fourth-order valence-electron chi connectivity index (χ4n) is 4.29. The standard InChI is InChI=1S/C28H34N4O4S2/c1-6-8-14-31-25(30-12-11-19-9-10-22(35-4)23(15-19)36-5)20(18(3)21(17-29)26(31)33)16-24-27(34)32(13-7-2)28(37)38-24/h9-10,15-16,30H,6-8,11-14H2,1-5H3/b24-16+. The number of thiocarbonyl (C=S) groups is 1. The number of unbranched alkanes of at least 4 members (excludes halogenated alkanes) is 1. The molecule has 1 aromatic heterocycles. The van der Waals surface area contributed by atoms with Gasteiger partial charge >= 0.3 is 0 Å². The van der Waals surface area contributed by atoms with Gasteiger partial charge in [-0.05, 0) is 55.5 Å². The summed E-state index contributed by atoms with van der Waals surface area (Å²) in [6, 6.07) is 7.84. The van der Waals surface area contributed by atoms with E-state index in [1.54, 1.807) is 36.7 Å². The van der Waals surface area contributed by atoms with Gasteiger partial charge in [0.15, 0.2) is 11.5 Å². The molecule has 3 rings (SSSR count). The Bertz CT molecular complexity index is 1340. The Morgan fingerprint density at radius 1 is 1.13 bits per heavy atom. The first kappa shape index (κ1) is 29.3. The third kappa shape index (κ3) is 6.22. The molecule has 0 saturated carbocycles. The van der Waals surface area contributed by atoms with Crippen molar-refractivity contribution in [2.75, 3.05) is 32.6 Å². The van der Waals surface area contributed by atoms with E-state index in [0.717, 1.165) is 24.8 Å². The number of carbonyl (C=O) groups excluding carboxylic acids is 1. The zero-order valence-corrected chi connectivity index (χ0v) is 24.2. The number of nitriles is 1. The van der Waals surface area contributed by atoms with Crippen LogP contribution in [0.4, 0.5) is 5.82 Å². The summed E-state index contributed by atoms with van der Waals surface area (Å²) in [4.78, 5) is 28.5. The molecule has 202 valence electrons. The van der Waals surface area contributed by atoms with Crippen LogP contribution in [0.15, 0.2) is 27.9 Å². The third-order valence-corrected chi connectivity index (χ3v) is 7.74. The first-order valence-electron chi connectivity index (χ1n) is 12.7. The normalized spacial score (nSPS) is 14.2. The van der Waals surface area contributed by atoms with Gasteiger partial charge in [0.1, 0.15) is 21.8 Å². The molecule has 1 N–H and O–H groups in total. The molecule has 0 atom stereocenters. The Balaban J connectivity index is 2.05. The Hall–Kier alpha value is -3.29. The van der Waals surface area contributed by atoms with Gasteiger partial charge in [-0.15, -0.1) is 0 Å². The van der Waals surface area contributed by atoms with E-state index >= 15 is 0 Å². The van der Waals surface area contributed by atoms with E-state index in [9.17, 15) is 14.9 Å². The molecular weight excluding hydrogens is 520 g/mol. The highest BCUT2D eigenvalue weighted by molar-refractivity contribution is 8.26. The molecule has 1 aromatic carbocycles. The van der Waals surface area contributed by atoms with Crippen molar-refractivity contribution in [3.05, 3.63) is 55.7 Å². The lowest BCUT2D eigenvalue weighted by Gasteiger charge is -2.20. The number of aromatic nitrogens is 1. The van der Waals surface area contributed by atoms with Crippen molar-refractivity contribution >= 4 is 46.1 Å². The smallest absolute Gasteiger partial charge is 0.270 e. The van der Waals surface area contributed by atoms with Gasteiger partial charge in [0.05, 0.1) is 19.1 Å². The van der Waals surface area contributed by atoms with E-state index < -0.39 is 0 Å². The van der Waals surface area contributed by atoms with Crippen LogP contribution in [0.1, 0.15) is 55.4 Å². The van der Waals surface area contributed by atoms with Crippen LogP contribution in [0.3, 0.4) is 0 Å². The Morgan fingerprint density at radius 2 is 1.87 bits per heavy atom. The topological polar surface area (TPSA) is 96.6 Å². The number of nitrogens with zero attached hydrogens (tertiary/aromatic N) is 3. The van der Waals surface area contributed by atoms with E-state index in [1.165, 1.54) is 11.8 Å². The predicted octanol–water partition coefficient (Wildman–Crippen LogP) is 5.11. The summed E-state index contributed by atoms with van der Waals surface area (Å²) in [6.45, 7) is 7.33. The average molecular weight is 555 g/mol. The maximum absolute atomic E-state index is 13.3. The summed E-state index contributed by atoms with van der Waals surface area (Å²) in [5.41, 5.74) is 1.98. The summed E-state index contributed by atoms with van der Waals surface area (Å²) in [6.07, 6.45) is 4.88. The molecular formula is C28H34N4O4S2. The van der Waals surface area contributed by atoms with Crippen molar-refractivity contribution < 1.29 is 14.3 Å². The van der Waals surface area contributed by atoms with E-state index in [4.69, 9.17) is 21.7 Å². The Labute approximate surface area is 233 Å². The van der Waals surface area contributed by atoms with Gasteiger partial charge in [-0.3, -0.25) is 19.1 Å². The van der Waals surface area contributed by atoms with E-state index in [2.05, 4.69) is 18.3 Å². The molecule has 0 unspecified atom stereocenters. The van der Waals surface area contributed by atoms with Crippen LogP contribution in [0.2, 0.25) is 0 Å². The lowest BCUT2D eigenvalue weighted by molar-refractivity contribution is -0.122. The van der Waals surface area contributed by atoms with Gasteiger partial charge in [-0.1, -0.05) is 50.3 Å². The zero-order valence-electron chi connectivity index (χ0n) is 22.6. The number of benzene rings is 1. The summed E-state index contributed by atoms with van der Waals surface area (Å²) in [5.74, 6) is 1.75. The van der Waals surface area contributed by atoms with Crippen LogP contribution in [0.25, 0.3) is 6.08 Å². The summed E-state index contributed by atoms with van der Waals surface area (Å²) < 4.78 is 12.9. The number of hydrogen-bond donors (Lipinski definition) is 1. The lowest BCUT2D eigenvalue weighted by atomic mass is 10.0. The first-order valence-corrected chi connectivity index (χ1v) is 13.9. The highest BCUT2D eigenvalue weighted by Gasteiger charge is 2.32. The van der Waals surface area contributed by atoms with Crippen molar-refractivity contribution in [3.63, 3.8) is 0 Å². The van der Waals surface area contributed by atoms with Gasteiger partial charge in [0, 0.05) is 25.2 Å². The number of nitrogens with one attached hydrogen (secondary N) is 1. The van der Waals surface area contributed by atoms with Gasteiger partial charge < -0.3 is 14.8 Å². The molecule has 0 aliphatic carbocycles. The fourth-order valence-corrected chi connectivity index (χ4v) is 5.58. The number of hydrogen-bond acceptors (Lipinski definition) is 8. The quantitative estimate of drug-likeness (QED) is 0.286. The molecule has 1 aliphatic heterocycles. The number of thioether (sulfide) groups is 1. The third-order valence-electron chi connectivity index (χ3n) is 6.36. The second-order valence-electron chi connectivity index (χ2n) is 8.88. The van der Waals surface area contributed by atoms with Crippen molar-refractivity contribution in [2.45, 2.75) is 53.0 Å². The second kappa shape index (κ2) is 13.5. The first-order chi connectivity index (χ1) is 18.3. The fraction of sp³-hybridized carbons (Fsp3) is 0.429. The van der Waals surface area contributed by atoms with Gasteiger partial charge in [-0.25, -0.2) is 0 Å². The molecule has 0 spiro atoms. The van der Waals surface area contributed by atoms with Crippen LogP contribution in [0, 0.1) is 18.3 Å². The SMILES string of the molecule is CCCCn1c(NCCc2ccc(OC)c(OC)c2)c(/C=C2/SC(=S)N(CCC)C2=O)c(C)c(C#N)c1=O. The van der Waals surface area contributed by atoms with Crippen molar-refractivity contribution in [3.8, 4) is 17.6 Å². The molecule has 10 heteroatoms. The second-order valence-corrected chi connectivity index (χ2v) is 10.6. The molecule has 0 radical (unpaired) electrons. The van der Waals surface area contributed by atoms with Crippen molar-refractivity contribution in [2.24, 2.45) is 0 Å². The molecule has 8 nitrogen and oxygen atoms in total. The summed E-state index contributed by atoms with van der Waals surface area (Å²) in [5, 5.41) is 13.3. The number of rotatable bonds is 12. The molecule has 1 aliphatic rings. The predicted molar refractivity (Wildman–Crippen MR) is 157 cm³/mol. The molecule has 2 aromatic rings. The number of amides is 1. The highest BCUT2D eigenvalue weighted by Crippen LogP contribution is 2.35.